The van der Waals surface area contributed by atoms with Crippen molar-refractivity contribution in [1.82, 2.24) is 0 Å². The van der Waals surface area contributed by atoms with Gasteiger partial charge in [-0.25, -0.2) is 0 Å². The maximum atomic E-state index is 12.4. The van der Waals surface area contributed by atoms with Crippen molar-refractivity contribution >= 4 is 34.8 Å². The summed E-state index contributed by atoms with van der Waals surface area (Å²) >= 11 is 11.9. The molecule has 3 aromatic rings. The molecule has 134 valence electrons. The number of nitrogens with one attached hydrogen (secondary N) is 1. The summed E-state index contributed by atoms with van der Waals surface area (Å²) in [6.07, 6.45) is 0. The maximum absolute atomic E-state index is 12.4. The monoisotopic (exact) mass is 396 g/mol. The Morgan fingerprint density at radius 2 is 1.78 bits per heavy atom. The Morgan fingerprint density at radius 1 is 1.00 bits per heavy atom. The molecule has 0 bridgehead atoms. The number of anilines is 1. The lowest BCUT2D eigenvalue weighted by Crippen LogP contribution is -2.12. The van der Waals surface area contributed by atoms with Crippen molar-refractivity contribution in [2.75, 3.05) is 5.32 Å². The normalized spacial score (nSPS) is 10.1. The van der Waals surface area contributed by atoms with E-state index in [0.29, 0.717) is 39.2 Å². The topological polar surface area (TPSA) is 62.1 Å². The lowest BCUT2D eigenvalue weighted by Gasteiger charge is -2.09. The van der Waals surface area contributed by atoms with Crippen molar-refractivity contribution in [2.24, 2.45) is 0 Å². The van der Waals surface area contributed by atoms with Crippen LogP contribution in [0.5, 0.6) is 5.75 Å². The van der Waals surface area contributed by atoms with Gasteiger partial charge in [-0.1, -0.05) is 35.3 Å². The lowest BCUT2D eigenvalue weighted by atomic mass is 10.2. The molecule has 27 heavy (non-hydrogen) atoms. The second kappa shape index (κ2) is 8.59. The van der Waals surface area contributed by atoms with Crippen LogP contribution in [0.3, 0.4) is 0 Å². The molecule has 0 radical (unpaired) electrons. The third kappa shape index (κ3) is 5.01. The fourth-order valence-electron chi connectivity index (χ4n) is 2.35. The van der Waals surface area contributed by atoms with Crippen LogP contribution in [0, 0.1) is 11.3 Å². The van der Waals surface area contributed by atoms with Gasteiger partial charge in [0, 0.05) is 11.3 Å². The second-order valence-corrected chi connectivity index (χ2v) is 6.52. The van der Waals surface area contributed by atoms with Gasteiger partial charge < -0.3 is 10.1 Å². The molecule has 1 amide bonds. The van der Waals surface area contributed by atoms with E-state index in [9.17, 15) is 4.79 Å². The lowest BCUT2D eigenvalue weighted by molar-refractivity contribution is 0.102. The number of rotatable bonds is 5. The summed E-state index contributed by atoms with van der Waals surface area (Å²) in [5, 5.41) is 12.6. The van der Waals surface area contributed by atoms with Gasteiger partial charge in [-0.2, -0.15) is 5.26 Å². The summed E-state index contributed by atoms with van der Waals surface area (Å²) in [5.41, 5.74) is 2.48. The van der Waals surface area contributed by atoms with Crippen LogP contribution in [-0.2, 0) is 6.61 Å². The van der Waals surface area contributed by atoms with Gasteiger partial charge in [-0.05, 0) is 60.2 Å². The van der Waals surface area contributed by atoms with Crippen LogP contribution in [0.4, 0.5) is 5.69 Å². The highest BCUT2D eigenvalue weighted by atomic mass is 35.5. The Kier molecular flexibility index (Phi) is 5.97. The van der Waals surface area contributed by atoms with Crippen molar-refractivity contribution in [3.8, 4) is 11.8 Å². The highest BCUT2D eigenvalue weighted by Crippen LogP contribution is 2.24. The Labute approximate surface area is 166 Å². The summed E-state index contributed by atoms with van der Waals surface area (Å²) in [6, 6.07) is 20.9. The third-order valence-corrected chi connectivity index (χ3v) is 4.50. The summed E-state index contributed by atoms with van der Waals surface area (Å²) < 4.78 is 5.74. The molecule has 0 aliphatic carbocycles. The number of benzene rings is 3. The third-order valence-electron chi connectivity index (χ3n) is 3.76. The Balaban J connectivity index is 1.66. The number of hydrogen-bond donors (Lipinski definition) is 1. The first-order valence-electron chi connectivity index (χ1n) is 8.03. The van der Waals surface area contributed by atoms with E-state index in [1.54, 1.807) is 60.7 Å². The van der Waals surface area contributed by atoms with E-state index in [1.165, 1.54) is 0 Å². The first-order chi connectivity index (χ1) is 13.0. The summed E-state index contributed by atoms with van der Waals surface area (Å²) in [5.74, 6) is 0.299. The molecule has 0 aliphatic heterocycles. The second-order valence-electron chi connectivity index (χ2n) is 5.71. The first kappa shape index (κ1) is 18.8. The number of carbonyl (C=O) groups excluding carboxylic acids is 1. The quantitative estimate of drug-likeness (QED) is 0.601. The highest BCUT2D eigenvalue weighted by molar-refractivity contribution is 6.42. The zero-order valence-corrected chi connectivity index (χ0v) is 15.6. The van der Waals surface area contributed by atoms with Crippen LogP contribution in [0.1, 0.15) is 21.5 Å². The molecule has 0 unspecified atom stereocenters. The molecule has 6 heteroatoms. The molecule has 0 saturated heterocycles. The van der Waals surface area contributed by atoms with Crippen LogP contribution in [0.2, 0.25) is 10.0 Å². The molecule has 0 aliphatic rings. The van der Waals surface area contributed by atoms with Crippen LogP contribution in [0.15, 0.2) is 66.7 Å². The Morgan fingerprint density at radius 3 is 2.48 bits per heavy atom. The first-order valence-corrected chi connectivity index (χ1v) is 8.79. The number of ether oxygens (including phenoxy) is 1. The van der Waals surface area contributed by atoms with Crippen LogP contribution in [0.25, 0.3) is 0 Å². The van der Waals surface area contributed by atoms with Gasteiger partial charge >= 0.3 is 0 Å². The molecule has 3 rings (SSSR count). The molecule has 1 N–H and O–H groups in total. The predicted octanol–water partition coefficient (Wildman–Crippen LogP) is 5.70. The zero-order valence-electron chi connectivity index (χ0n) is 14.1. The number of amides is 1. The molecule has 0 spiro atoms. The molecule has 4 nitrogen and oxygen atoms in total. The number of nitriles is 1. The number of halogens is 2. The molecular weight excluding hydrogens is 383 g/mol. The van der Waals surface area contributed by atoms with E-state index in [2.05, 4.69) is 5.32 Å². The van der Waals surface area contributed by atoms with Gasteiger partial charge in [0.25, 0.3) is 5.91 Å². The van der Waals surface area contributed by atoms with E-state index in [1.807, 2.05) is 12.1 Å². The number of hydrogen-bond acceptors (Lipinski definition) is 3. The minimum Gasteiger partial charge on any atom is -0.489 e. The molecule has 0 heterocycles. The molecule has 0 saturated carbocycles. The van der Waals surface area contributed by atoms with E-state index < -0.39 is 0 Å². The van der Waals surface area contributed by atoms with Crippen molar-refractivity contribution in [3.63, 3.8) is 0 Å². The molecule has 0 fully saturated rings. The standard InChI is InChI=1S/C21H14Cl2N2O2/c22-19-9-6-15(10-20(19)23)13-27-18-3-1-2-16(11-18)21(26)25-17-7-4-14(12-24)5-8-17/h1-11H,13H2,(H,25,26). The van der Waals surface area contributed by atoms with Crippen LogP contribution < -0.4 is 10.1 Å². The average molecular weight is 397 g/mol. The fourth-order valence-corrected chi connectivity index (χ4v) is 2.68. The van der Waals surface area contributed by atoms with Gasteiger partial charge in [0.1, 0.15) is 12.4 Å². The van der Waals surface area contributed by atoms with E-state index in [4.69, 9.17) is 33.2 Å². The van der Waals surface area contributed by atoms with Crippen LogP contribution >= 0.6 is 23.2 Å². The van der Waals surface area contributed by atoms with Crippen LogP contribution in [-0.4, -0.2) is 5.91 Å². The predicted molar refractivity (Wildman–Crippen MR) is 106 cm³/mol. The Bertz CT molecular complexity index is 1010. The van der Waals surface area contributed by atoms with Gasteiger partial charge in [-0.3, -0.25) is 4.79 Å². The van der Waals surface area contributed by atoms with E-state index in [-0.39, 0.29) is 5.91 Å². The summed E-state index contributed by atoms with van der Waals surface area (Å²) in [7, 11) is 0. The minimum atomic E-state index is -0.264. The minimum absolute atomic E-state index is 0.264. The largest absolute Gasteiger partial charge is 0.489 e. The Hall–Kier alpha value is -3.00. The summed E-state index contributed by atoms with van der Waals surface area (Å²) in [4.78, 5) is 12.4. The van der Waals surface area contributed by atoms with Crippen molar-refractivity contribution in [1.29, 1.82) is 5.26 Å². The molecular formula is C21H14Cl2N2O2. The SMILES string of the molecule is N#Cc1ccc(NC(=O)c2cccc(OCc3ccc(Cl)c(Cl)c3)c2)cc1. The van der Waals surface area contributed by atoms with E-state index in [0.717, 1.165) is 5.56 Å². The zero-order chi connectivity index (χ0) is 19.2. The summed E-state index contributed by atoms with van der Waals surface area (Å²) in [6.45, 7) is 0.303. The molecule has 3 aromatic carbocycles. The smallest absolute Gasteiger partial charge is 0.255 e. The van der Waals surface area contributed by atoms with Crippen molar-refractivity contribution in [2.45, 2.75) is 6.61 Å². The van der Waals surface area contributed by atoms with Crippen molar-refractivity contribution < 1.29 is 9.53 Å². The molecule has 0 atom stereocenters. The van der Waals surface area contributed by atoms with E-state index >= 15 is 0 Å². The van der Waals surface area contributed by atoms with Gasteiger partial charge in [0.15, 0.2) is 0 Å². The number of carbonyl (C=O) groups is 1. The molecule has 0 aromatic heterocycles. The van der Waals surface area contributed by atoms with Crippen molar-refractivity contribution in [3.05, 3.63) is 93.5 Å². The maximum Gasteiger partial charge on any atom is 0.255 e. The average Bonchev–Trinajstić information content (AvgIpc) is 2.69. The number of nitrogens with zero attached hydrogens (tertiary/aromatic N) is 1. The van der Waals surface area contributed by atoms with Gasteiger partial charge in [-0.15, -0.1) is 0 Å². The highest BCUT2D eigenvalue weighted by Gasteiger charge is 2.08. The van der Waals surface area contributed by atoms with Gasteiger partial charge in [0.05, 0.1) is 21.7 Å². The fraction of sp³-hybridized carbons (Fsp3) is 0.0476. The van der Waals surface area contributed by atoms with Gasteiger partial charge in [0.2, 0.25) is 0 Å².